The highest BCUT2D eigenvalue weighted by Gasteiger charge is 2.36. The number of rotatable bonds is 10. The second kappa shape index (κ2) is 13.4. The normalized spacial score (nSPS) is 12.9. The molecule has 0 fully saturated rings. The van der Waals surface area contributed by atoms with Crippen molar-refractivity contribution in [3.05, 3.63) is 94.5 Å². The molecule has 0 aliphatic carbocycles. The van der Waals surface area contributed by atoms with Crippen molar-refractivity contribution in [1.82, 2.24) is 10.2 Å². The summed E-state index contributed by atoms with van der Waals surface area (Å²) in [6, 6.07) is 15.2. The van der Waals surface area contributed by atoms with E-state index in [-0.39, 0.29) is 23.5 Å². The molecular weight excluding hydrogens is 603 g/mol. The molecule has 0 spiro atoms. The third-order valence-corrected chi connectivity index (χ3v) is 8.69. The number of anilines is 1. The molecular formula is C31H35ClF3N3O4S. The van der Waals surface area contributed by atoms with Gasteiger partial charge in [-0.15, -0.1) is 0 Å². The van der Waals surface area contributed by atoms with Crippen LogP contribution in [0, 0.1) is 6.92 Å². The first-order valence-electron chi connectivity index (χ1n) is 13.6. The predicted octanol–water partition coefficient (Wildman–Crippen LogP) is 6.58. The number of amides is 2. The number of halogens is 4. The van der Waals surface area contributed by atoms with E-state index in [1.807, 2.05) is 0 Å². The maximum absolute atomic E-state index is 14.1. The lowest BCUT2D eigenvalue weighted by molar-refractivity contribution is -0.141. The monoisotopic (exact) mass is 637 g/mol. The molecule has 12 heteroatoms. The van der Waals surface area contributed by atoms with Crippen LogP contribution in [-0.4, -0.2) is 43.3 Å². The fourth-order valence-corrected chi connectivity index (χ4v) is 5.99. The molecule has 0 aliphatic rings. The van der Waals surface area contributed by atoms with E-state index in [1.54, 1.807) is 71.0 Å². The summed E-state index contributed by atoms with van der Waals surface area (Å²) in [5, 5.41) is 3.18. The molecule has 0 bridgehead atoms. The molecule has 232 valence electrons. The van der Waals surface area contributed by atoms with Crippen molar-refractivity contribution >= 4 is 39.1 Å². The quantitative estimate of drug-likeness (QED) is 0.272. The second-order valence-corrected chi connectivity index (χ2v) is 13.4. The average Bonchev–Trinajstić information content (AvgIpc) is 2.91. The maximum Gasteiger partial charge on any atom is 0.416 e. The molecule has 0 unspecified atom stereocenters. The van der Waals surface area contributed by atoms with Gasteiger partial charge in [-0.3, -0.25) is 13.9 Å². The molecule has 43 heavy (non-hydrogen) atoms. The van der Waals surface area contributed by atoms with E-state index in [0.717, 1.165) is 17.7 Å². The third-order valence-electron chi connectivity index (χ3n) is 6.53. The summed E-state index contributed by atoms with van der Waals surface area (Å²) in [5.41, 5.74) is -0.796. The van der Waals surface area contributed by atoms with E-state index in [0.29, 0.717) is 21.0 Å². The van der Waals surface area contributed by atoms with Crippen LogP contribution >= 0.6 is 11.6 Å². The second-order valence-electron chi connectivity index (χ2n) is 11.1. The summed E-state index contributed by atoms with van der Waals surface area (Å²) in [7, 11) is -4.53. The van der Waals surface area contributed by atoms with Crippen LogP contribution < -0.4 is 9.62 Å². The smallest absolute Gasteiger partial charge is 0.350 e. The predicted molar refractivity (Wildman–Crippen MR) is 161 cm³/mol. The van der Waals surface area contributed by atoms with Crippen LogP contribution in [0.1, 0.15) is 50.8 Å². The molecule has 0 aromatic heterocycles. The van der Waals surface area contributed by atoms with Crippen LogP contribution in [-0.2, 0) is 32.3 Å². The van der Waals surface area contributed by atoms with Gasteiger partial charge in [0, 0.05) is 17.1 Å². The number of carbonyl (C=O) groups is 2. The number of hydrogen-bond donors (Lipinski definition) is 1. The van der Waals surface area contributed by atoms with Crippen LogP contribution in [0.5, 0.6) is 0 Å². The molecule has 0 heterocycles. The van der Waals surface area contributed by atoms with Gasteiger partial charge in [0.05, 0.1) is 16.1 Å². The lowest BCUT2D eigenvalue weighted by Crippen LogP contribution is -2.55. The van der Waals surface area contributed by atoms with Crippen LogP contribution in [0.4, 0.5) is 18.9 Å². The summed E-state index contributed by atoms with van der Waals surface area (Å²) in [6.45, 7) is 7.78. The van der Waals surface area contributed by atoms with Gasteiger partial charge >= 0.3 is 6.18 Å². The molecule has 7 nitrogen and oxygen atoms in total. The molecule has 0 radical (unpaired) electrons. The van der Waals surface area contributed by atoms with E-state index >= 15 is 0 Å². The Morgan fingerprint density at radius 2 is 1.58 bits per heavy atom. The first-order chi connectivity index (χ1) is 19.9. The molecule has 1 N–H and O–H groups in total. The van der Waals surface area contributed by atoms with Crippen LogP contribution in [0.25, 0.3) is 0 Å². The van der Waals surface area contributed by atoms with Gasteiger partial charge in [-0.1, -0.05) is 60.5 Å². The van der Waals surface area contributed by atoms with Gasteiger partial charge in [-0.05, 0) is 76.1 Å². The molecule has 0 aliphatic heterocycles. The zero-order valence-corrected chi connectivity index (χ0v) is 26.1. The van der Waals surface area contributed by atoms with Crippen molar-refractivity contribution in [1.29, 1.82) is 0 Å². The highest BCUT2D eigenvalue weighted by atomic mass is 35.5. The van der Waals surface area contributed by atoms with Gasteiger partial charge in [0.2, 0.25) is 11.8 Å². The number of benzene rings is 3. The molecule has 1 atom stereocenters. The van der Waals surface area contributed by atoms with Gasteiger partial charge in [-0.25, -0.2) is 8.42 Å². The zero-order chi connectivity index (χ0) is 32.2. The Kier molecular flexibility index (Phi) is 10.6. The third kappa shape index (κ3) is 8.73. The van der Waals surface area contributed by atoms with Crippen molar-refractivity contribution in [3.63, 3.8) is 0 Å². The van der Waals surface area contributed by atoms with E-state index in [2.05, 4.69) is 5.32 Å². The Morgan fingerprint density at radius 1 is 0.953 bits per heavy atom. The summed E-state index contributed by atoms with van der Waals surface area (Å²) >= 11 is 6.38. The Bertz CT molecular complexity index is 1560. The van der Waals surface area contributed by atoms with Gasteiger partial charge in [0.15, 0.2) is 0 Å². The van der Waals surface area contributed by atoms with E-state index in [1.165, 1.54) is 23.1 Å². The van der Waals surface area contributed by atoms with Crippen molar-refractivity contribution in [3.8, 4) is 0 Å². The highest BCUT2D eigenvalue weighted by molar-refractivity contribution is 7.92. The van der Waals surface area contributed by atoms with Gasteiger partial charge in [0.25, 0.3) is 10.0 Å². The zero-order valence-electron chi connectivity index (χ0n) is 24.6. The highest BCUT2D eigenvalue weighted by Crippen LogP contribution is 2.33. The SMILES string of the molecule is CC[C@@H](C(=O)NC(C)(C)C)N(Cc1ccccc1Cl)C(=O)CN(c1cccc(C(F)(F)F)c1)S(=O)(=O)c1ccc(C)cc1. The summed E-state index contributed by atoms with van der Waals surface area (Å²) in [6.07, 6.45) is -4.58. The molecule has 0 saturated carbocycles. The van der Waals surface area contributed by atoms with Gasteiger partial charge in [0.1, 0.15) is 12.6 Å². The fraction of sp³-hybridized carbons (Fsp3) is 0.355. The largest absolute Gasteiger partial charge is 0.416 e. The number of alkyl halides is 3. The lowest BCUT2D eigenvalue weighted by Gasteiger charge is -2.35. The van der Waals surface area contributed by atoms with Crippen molar-refractivity contribution in [2.24, 2.45) is 0 Å². The maximum atomic E-state index is 14.1. The lowest BCUT2D eigenvalue weighted by atomic mass is 10.1. The summed E-state index contributed by atoms with van der Waals surface area (Å²) in [4.78, 5) is 28.5. The molecule has 3 aromatic rings. The van der Waals surface area contributed by atoms with Crippen LogP contribution in [0.15, 0.2) is 77.7 Å². The fourth-order valence-electron chi connectivity index (χ4n) is 4.39. The minimum absolute atomic E-state index is 0.143. The number of aryl methyl sites for hydroxylation is 1. The Morgan fingerprint density at radius 3 is 2.14 bits per heavy atom. The number of sulfonamides is 1. The number of nitrogens with zero attached hydrogens (tertiary/aromatic N) is 2. The first kappa shape index (κ1) is 33.9. The topological polar surface area (TPSA) is 86.8 Å². The standard InChI is InChI=1S/C31H35ClF3N3O4S/c1-6-27(29(40)36-30(3,4)5)37(19-22-10-7-8-13-26(22)32)28(39)20-38(24-12-9-11-23(18-24)31(33,34)35)43(41,42)25-16-14-21(2)15-17-25/h7-18,27H,6,19-20H2,1-5H3,(H,36,40)/t27-/m0/s1. The number of carbonyl (C=O) groups excluding carboxylic acids is 2. The van der Waals surface area contributed by atoms with E-state index in [9.17, 15) is 31.2 Å². The Hall–Kier alpha value is -3.57. The molecule has 3 rings (SSSR count). The van der Waals surface area contributed by atoms with E-state index in [4.69, 9.17) is 11.6 Å². The minimum Gasteiger partial charge on any atom is -0.350 e. The van der Waals surface area contributed by atoms with Crippen LogP contribution in [0.2, 0.25) is 5.02 Å². The Labute approximate surface area is 255 Å². The van der Waals surface area contributed by atoms with Crippen LogP contribution in [0.3, 0.4) is 0 Å². The van der Waals surface area contributed by atoms with Crippen molar-refractivity contribution in [2.75, 3.05) is 10.8 Å². The number of hydrogen-bond acceptors (Lipinski definition) is 4. The van der Waals surface area contributed by atoms with Crippen molar-refractivity contribution < 1.29 is 31.2 Å². The van der Waals surface area contributed by atoms with Gasteiger partial charge < -0.3 is 10.2 Å². The Balaban J connectivity index is 2.15. The first-order valence-corrected chi connectivity index (χ1v) is 15.4. The molecule has 3 aromatic carbocycles. The molecule has 2 amide bonds. The summed E-state index contributed by atoms with van der Waals surface area (Å²) in [5.74, 6) is -1.27. The summed E-state index contributed by atoms with van der Waals surface area (Å²) < 4.78 is 69.4. The average molecular weight is 638 g/mol. The molecule has 0 saturated heterocycles. The van der Waals surface area contributed by atoms with E-state index < -0.39 is 51.7 Å². The van der Waals surface area contributed by atoms with Crippen molar-refractivity contribution in [2.45, 2.75) is 70.2 Å². The number of nitrogens with one attached hydrogen (secondary N) is 1. The minimum atomic E-state index is -4.76. The van der Waals surface area contributed by atoms with Gasteiger partial charge in [-0.2, -0.15) is 13.2 Å².